The second-order valence-corrected chi connectivity index (χ2v) is 9.53. The summed E-state index contributed by atoms with van der Waals surface area (Å²) in [5.41, 5.74) is 16.2. The molecule has 0 aliphatic heterocycles. The molecule has 0 spiro atoms. The molecular formula is C26H27ClN6O. The predicted molar refractivity (Wildman–Crippen MR) is 137 cm³/mol. The second kappa shape index (κ2) is 9.16. The van der Waals surface area contributed by atoms with E-state index in [1.54, 1.807) is 16.8 Å². The Bertz CT molecular complexity index is 1420. The van der Waals surface area contributed by atoms with Gasteiger partial charge in [0.05, 0.1) is 5.69 Å². The van der Waals surface area contributed by atoms with Gasteiger partial charge in [-0.05, 0) is 62.8 Å². The fourth-order valence-electron chi connectivity index (χ4n) is 4.76. The summed E-state index contributed by atoms with van der Waals surface area (Å²) in [5.74, 6) is 0.504. The third-order valence-corrected chi connectivity index (χ3v) is 6.93. The maximum absolute atomic E-state index is 13.8. The summed E-state index contributed by atoms with van der Waals surface area (Å²) in [5, 5.41) is 1.24. The van der Waals surface area contributed by atoms with Crippen molar-refractivity contribution in [2.75, 3.05) is 5.73 Å². The van der Waals surface area contributed by atoms with Gasteiger partial charge in [0.25, 0.3) is 5.56 Å². The Balaban J connectivity index is 1.60. The first kappa shape index (κ1) is 22.5. The lowest BCUT2D eigenvalue weighted by Gasteiger charge is -2.27. The van der Waals surface area contributed by atoms with Gasteiger partial charge >= 0.3 is 0 Å². The first-order chi connectivity index (χ1) is 16.4. The van der Waals surface area contributed by atoms with Gasteiger partial charge in [-0.3, -0.25) is 14.3 Å². The van der Waals surface area contributed by atoms with E-state index in [4.69, 9.17) is 23.1 Å². The fourth-order valence-corrected chi connectivity index (χ4v) is 5.04. The Labute approximate surface area is 202 Å². The van der Waals surface area contributed by atoms with Gasteiger partial charge in [-0.15, -0.1) is 0 Å². The van der Waals surface area contributed by atoms with Crippen LogP contribution in [0.25, 0.3) is 33.4 Å². The van der Waals surface area contributed by atoms with Crippen molar-refractivity contribution in [1.29, 1.82) is 0 Å². The van der Waals surface area contributed by atoms with Crippen molar-refractivity contribution in [2.45, 2.75) is 45.2 Å². The van der Waals surface area contributed by atoms with Crippen LogP contribution in [-0.4, -0.2) is 25.6 Å². The summed E-state index contributed by atoms with van der Waals surface area (Å²) in [6.07, 6.45) is 5.56. The first-order valence-corrected chi connectivity index (χ1v) is 11.9. The summed E-state index contributed by atoms with van der Waals surface area (Å²) in [6, 6.07) is 13.6. The zero-order chi connectivity index (χ0) is 23.8. The maximum Gasteiger partial charge on any atom is 0.260 e. The van der Waals surface area contributed by atoms with Gasteiger partial charge in [0.1, 0.15) is 5.65 Å². The number of aromatic nitrogens is 4. The second-order valence-electron chi connectivity index (χ2n) is 9.12. The zero-order valence-electron chi connectivity index (χ0n) is 19.0. The molecule has 1 aliphatic carbocycles. The summed E-state index contributed by atoms with van der Waals surface area (Å²) >= 11 is 6.72. The van der Waals surface area contributed by atoms with Crippen LogP contribution in [-0.2, 0) is 6.54 Å². The molecule has 0 saturated heterocycles. The Morgan fingerprint density at radius 1 is 1.06 bits per heavy atom. The van der Waals surface area contributed by atoms with Crippen LogP contribution in [0.4, 0.5) is 5.95 Å². The quantitative estimate of drug-likeness (QED) is 0.447. The highest BCUT2D eigenvalue weighted by Gasteiger charge is 2.22. The van der Waals surface area contributed by atoms with Crippen LogP contribution in [0.15, 0.2) is 53.5 Å². The smallest absolute Gasteiger partial charge is 0.260 e. The molecule has 1 saturated carbocycles. The normalized spacial score (nSPS) is 18.3. The maximum atomic E-state index is 13.8. The molecule has 3 heterocycles. The van der Waals surface area contributed by atoms with Crippen molar-refractivity contribution in [3.8, 4) is 22.4 Å². The molecule has 1 aromatic carbocycles. The molecule has 174 valence electrons. The minimum absolute atomic E-state index is 0.135. The molecule has 0 unspecified atom stereocenters. The van der Waals surface area contributed by atoms with Crippen LogP contribution in [0.2, 0.25) is 5.02 Å². The number of nitrogens with zero attached hydrogens (tertiary/aromatic N) is 4. The number of aryl methyl sites for hydroxylation is 1. The van der Waals surface area contributed by atoms with Gasteiger partial charge in [-0.25, -0.2) is 4.98 Å². The average molecular weight is 475 g/mol. The number of fused-ring (bicyclic) bond motifs is 1. The van der Waals surface area contributed by atoms with Crippen LogP contribution in [0.1, 0.15) is 31.4 Å². The Morgan fingerprint density at radius 3 is 2.59 bits per heavy atom. The zero-order valence-corrected chi connectivity index (χ0v) is 19.8. The van der Waals surface area contributed by atoms with Gasteiger partial charge in [-0.1, -0.05) is 29.8 Å². The molecule has 1 aliphatic rings. The highest BCUT2D eigenvalue weighted by molar-refractivity contribution is 6.33. The minimum Gasteiger partial charge on any atom is -0.368 e. The molecule has 0 radical (unpaired) electrons. The van der Waals surface area contributed by atoms with Crippen molar-refractivity contribution in [3.63, 3.8) is 0 Å². The van der Waals surface area contributed by atoms with Gasteiger partial charge in [0.2, 0.25) is 5.95 Å². The van der Waals surface area contributed by atoms with E-state index in [9.17, 15) is 4.79 Å². The van der Waals surface area contributed by atoms with E-state index in [1.165, 1.54) is 0 Å². The largest absolute Gasteiger partial charge is 0.368 e. The Morgan fingerprint density at radius 2 is 1.85 bits per heavy atom. The van der Waals surface area contributed by atoms with E-state index in [-0.39, 0.29) is 17.5 Å². The van der Waals surface area contributed by atoms with E-state index in [1.807, 2.05) is 43.3 Å². The molecule has 4 N–H and O–H groups in total. The van der Waals surface area contributed by atoms with Crippen LogP contribution in [0.3, 0.4) is 0 Å². The van der Waals surface area contributed by atoms with Crippen molar-refractivity contribution in [2.24, 2.45) is 11.7 Å². The van der Waals surface area contributed by atoms with E-state index in [0.717, 1.165) is 48.0 Å². The lowest BCUT2D eigenvalue weighted by Crippen LogP contribution is -2.31. The number of nitrogens with two attached hydrogens (primary N) is 2. The van der Waals surface area contributed by atoms with Gasteiger partial charge in [0, 0.05) is 51.6 Å². The van der Waals surface area contributed by atoms with Crippen LogP contribution < -0.4 is 17.0 Å². The number of hydrogen-bond donors (Lipinski definition) is 2. The summed E-state index contributed by atoms with van der Waals surface area (Å²) in [4.78, 5) is 26.9. The van der Waals surface area contributed by atoms with Crippen molar-refractivity contribution in [1.82, 2.24) is 19.5 Å². The van der Waals surface area contributed by atoms with Crippen molar-refractivity contribution in [3.05, 3.63) is 69.7 Å². The number of benzene rings is 1. The Kier molecular flexibility index (Phi) is 6.06. The third-order valence-electron chi connectivity index (χ3n) is 6.62. The van der Waals surface area contributed by atoms with E-state index < -0.39 is 0 Å². The average Bonchev–Trinajstić information content (AvgIpc) is 2.82. The third kappa shape index (κ3) is 4.41. The van der Waals surface area contributed by atoms with Crippen LogP contribution in [0.5, 0.6) is 0 Å². The summed E-state index contributed by atoms with van der Waals surface area (Å²) in [6.45, 7) is 2.51. The lowest BCUT2D eigenvalue weighted by atomic mass is 9.86. The van der Waals surface area contributed by atoms with Crippen molar-refractivity contribution >= 4 is 28.6 Å². The molecule has 0 atom stereocenters. The monoisotopic (exact) mass is 474 g/mol. The van der Waals surface area contributed by atoms with E-state index in [2.05, 4.69) is 15.0 Å². The van der Waals surface area contributed by atoms with Gasteiger partial charge in [0.15, 0.2) is 0 Å². The lowest BCUT2D eigenvalue weighted by molar-refractivity contribution is 0.295. The molecule has 34 heavy (non-hydrogen) atoms. The first-order valence-electron chi connectivity index (χ1n) is 11.5. The number of nitrogen functional groups attached to an aromatic ring is 1. The predicted octanol–water partition coefficient (Wildman–Crippen LogP) is 4.58. The van der Waals surface area contributed by atoms with Crippen LogP contribution >= 0.6 is 11.6 Å². The van der Waals surface area contributed by atoms with Gasteiger partial charge in [-0.2, -0.15) is 4.98 Å². The molecule has 3 aromatic heterocycles. The van der Waals surface area contributed by atoms with E-state index >= 15 is 0 Å². The Hall–Kier alpha value is -3.29. The highest BCUT2D eigenvalue weighted by Crippen LogP contribution is 2.32. The van der Waals surface area contributed by atoms with Crippen LogP contribution in [0, 0.1) is 12.8 Å². The number of halogens is 1. The molecular weight excluding hydrogens is 448 g/mol. The van der Waals surface area contributed by atoms with Crippen molar-refractivity contribution < 1.29 is 0 Å². The molecule has 1 fully saturated rings. The number of rotatable bonds is 4. The number of anilines is 1. The van der Waals surface area contributed by atoms with Gasteiger partial charge < -0.3 is 11.5 Å². The minimum atomic E-state index is -0.135. The standard InChI is InChI=1S/C26H27ClN6O/c1-15-3-2-4-23(31-15)17-7-10-20(22(27)12-17)21-11-18-13-30-26(29)32-24(18)33(25(21)34)14-16-5-8-19(28)9-6-16/h2-4,7,10-13,16,19H,5-6,8-9,14,28H2,1H3,(H2,29,30,32). The molecule has 7 nitrogen and oxygen atoms in total. The molecule has 0 amide bonds. The molecule has 4 aromatic rings. The molecule has 8 heteroatoms. The number of hydrogen-bond acceptors (Lipinski definition) is 6. The SMILES string of the molecule is Cc1cccc(-c2ccc(-c3cc4cnc(N)nc4n(CC4CCC(N)CC4)c3=O)c(Cl)c2)n1. The molecule has 0 bridgehead atoms. The highest BCUT2D eigenvalue weighted by atomic mass is 35.5. The summed E-state index contributed by atoms with van der Waals surface area (Å²) in [7, 11) is 0. The fraction of sp³-hybridized carbons (Fsp3) is 0.308. The number of pyridine rings is 2. The summed E-state index contributed by atoms with van der Waals surface area (Å²) < 4.78 is 1.73. The molecule has 5 rings (SSSR count). The van der Waals surface area contributed by atoms with E-state index in [0.29, 0.717) is 34.3 Å². The topological polar surface area (TPSA) is 113 Å².